The van der Waals surface area contributed by atoms with Gasteiger partial charge in [-0.15, -0.1) is 0 Å². The van der Waals surface area contributed by atoms with Crippen molar-refractivity contribution in [3.63, 3.8) is 0 Å². The normalized spacial score (nSPS) is 13.0. The van der Waals surface area contributed by atoms with Gasteiger partial charge in [0.15, 0.2) is 0 Å². The van der Waals surface area contributed by atoms with Gasteiger partial charge in [0.1, 0.15) is 18.2 Å². The fourth-order valence-corrected chi connectivity index (χ4v) is 4.23. The number of carboxylic acid groups (broad SMARTS) is 1. The van der Waals surface area contributed by atoms with Crippen molar-refractivity contribution in [1.82, 2.24) is 14.5 Å². The summed E-state index contributed by atoms with van der Waals surface area (Å²) in [4.78, 5) is 29.9. The van der Waals surface area contributed by atoms with Crippen LogP contribution < -0.4 is 10.3 Å². The Kier molecular flexibility index (Phi) is 6.44. The molecule has 8 heteroatoms. The third kappa shape index (κ3) is 4.54. The largest absolute Gasteiger partial charge is 0.491 e. The summed E-state index contributed by atoms with van der Waals surface area (Å²) in [6.07, 6.45) is 2.10. The molecule has 1 N–H and O–H groups in total. The average Bonchev–Trinajstić information content (AvgIpc) is 2.68. The summed E-state index contributed by atoms with van der Waals surface area (Å²) in [5.74, 6) is 0.195. The van der Waals surface area contributed by atoms with Crippen molar-refractivity contribution < 1.29 is 19.0 Å². The standard InChI is InChI=1S/C24H30FN3O4/c1-14(2)9-15(28(23(30)31)24(3,4)5)13-32-16-7-8-17-20(10-16)27(6)22(29)18-11-26-12-19(25)21(17)18/h7-8,10-12,14-15H,9,13H2,1-6H3,(H,30,31)/t15-/m0/s1. The molecule has 32 heavy (non-hydrogen) atoms. The molecule has 0 unspecified atom stereocenters. The Morgan fingerprint density at radius 2 is 1.94 bits per heavy atom. The predicted molar refractivity (Wildman–Crippen MR) is 123 cm³/mol. The lowest BCUT2D eigenvalue weighted by Crippen LogP contribution is -2.53. The molecule has 1 atom stereocenters. The zero-order valence-corrected chi connectivity index (χ0v) is 19.3. The minimum atomic E-state index is -0.997. The number of benzene rings is 1. The molecule has 2 aromatic heterocycles. The Hall–Kier alpha value is -3.16. The lowest BCUT2D eigenvalue weighted by Gasteiger charge is -2.40. The number of fused-ring (bicyclic) bond motifs is 3. The van der Waals surface area contributed by atoms with Gasteiger partial charge in [0.25, 0.3) is 5.56 Å². The maximum absolute atomic E-state index is 14.5. The summed E-state index contributed by atoms with van der Waals surface area (Å²) >= 11 is 0. The molecule has 0 fully saturated rings. The highest BCUT2D eigenvalue weighted by molar-refractivity contribution is 6.05. The second-order valence-corrected chi connectivity index (χ2v) is 9.50. The topological polar surface area (TPSA) is 84.7 Å². The summed E-state index contributed by atoms with van der Waals surface area (Å²) in [5.41, 5.74) is -0.414. The SMILES string of the molecule is CC(C)C[C@@H](COc1ccc2c3c(F)cncc3c(=O)n(C)c2c1)N(C(=O)O)C(C)(C)C. The van der Waals surface area contributed by atoms with Gasteiger partial charge in [-0.25, -0.2) is 9.18 Å². The van der Waals surface area contributed by atoms with E-state index in [4.69, 9.17) is 4.74 Å². The molecule has 0 aliphatic rings. The molecule has 0 saturated carbocycles. The summed E-state index contributed by atoms with van der Waals surface area (Å²) in [6, 6.07) is 4.75. The van der Waals surface area contributed by atoms with Crippen LogP contribution in [-0.2, 0) is 7.05 Å². The number of carbonyl (C=O) groups is 1. The van der Waals surface area contributed by atoms with E-state index in [9.17, 15) is 19.1 Å². The van der Waals surface area contributed by atoms with Gasteiger partial charge < -0.3 is 14.4 Å². The minimum absolute atomic E-state index is 0.160. The quantitative estimate of drug-likeness (QED) is 0.553. The number of nitrogens with zero attached hydrogens (tertiary/aromatic N) is 3. The van der Waals surface area contributed by atoms with Crippen molar-refractivity contribution in [3.8, 4) is 5.75 Å². The highest BCUT2D eigenvalue weighted by Crippen LogP contribution is 2.28. The smallest absolute Gasteiger partial charge is 0.408 e. The second-order valence-electron chi connectivity index (χ2n) is 9.50. The van der Waals surface area contributed by atoms with Crippen LogP contribution in [0.1, 0.15) is 41.0 Å². The first-order valence-corrected chi connectivity index (χ1v) is 10.6. The number of hydrogen-bond acceptors (Lipinski definition) is 4. The van der Waals surface area contributed by atoms with Gasteiger partial charge in [0.05, 0.1) is 23.1 Å². The van der Waals surface area contributed by atoms with Crippen LogP contribution in [0.5, 0.6) is 5.75 Å². The van der Waals surface area contributed by atoms with Crippen molar-refractivity contribution in [2.24, 2.45) is 13.0 Å². The van der Waals surface area contributed by atoms with E-state index in [2.05, 4.69) is 4.98 Å². The molecule has 0 radical (unpaired) electrons. The number of hydrogen-bond donors (Lipinski definition) is 1. The molecule has 0 spiro atoms. The van der Waals surface area contributed by atoms with Crippen molar-refractivity contribution >= 4 is 27.8 Å². The van der Waals surface area contributed by atoms with Crippen LogP contribution in [0, 0.1) is 11.7 Å². The van der Waals surface area contributed by atoms with Crippen LogP contribution in [0.25, 0.3) is 21.7 Å². The fourth-order valence-electron chi connectivity index (χ4n) is 4.23. The third-order valence-corrected chi connectivity index (χ3v) is 5.51. The number of amides is 1. The van der Waals surface area contributed by atoms with Crippen molar-refractivity contribution in [3.05, 3.63) is 46.8 Å². The number of aryl methyl sites for hydroxylation is 1. The highest BCUT2D eigenvalue weighted by Gasteiger charge is 2.34. The highest BCUT2D eigenvalue weighted by atomic mass is 19.1. The summed E-state index contributed by atoms with van der Waals surface area (Å²) in [7, 11) is 1.62. The van der Waals surface area contributed by atoms with Gasteiger partial charge >= 0.3 is 6.09 Å². The monoisotopic (exact) mass is 443 g/mol. The van der Waals surface area contributed by atoms with E-state index >= 15 is 0 Å². The molecule has 1 aromatic carbocycles. The summed E-state index contributed by atoms with van der Waals surface area (Å²) in [6.45, 7) is 9.80. The lowest BCUT2D eigenvalue weighted by atomic mass is 9.97. The maximum atomic E-state index is 14.5. The number of ether oxygens (including phenoxy) is 1. The number of pyridine rings is 2. The van der Waals surface area contributed by atoms with E-state index < -0.39 is 17.4 Å². The molecule has 3 rings (SSSR count). The first kappa shape index (κ1) is 23.5. The fraction of sp³-hybridized carbons (Fsp3) is 0.458. The summed E-state index contributed by atoms with van der Waals surface area (Å²) < 4.78 is 21.9. The molecule has 172 valence electrons. The lowest BCUT2D eigenvalue weighted by molar-refractivity contribution is 0.0434. The van der Waals surface area contributed by atoms with Gasteiger partial charge in [-0.2, -0.15) is 0 Å². The minimum Gasteiger partial charge on any atom is -0.491 e. The number of aromatic nitrogens is 2. The summed E-state index contributed by atoms with van der Waals surface area (Å²) in [5, 5.41) is 10.8. The Balaban J connectivity index is 2.00. The van der Waals surface area contributed by atoms with Crippen LogP contribution in [0.15, 0.2) is 35.4 Å². The van der Waals surface area contributed by atoms with Crippen LogP contribution in [0.3, 0.4) is 0 Å². The third-order valence-electron chi connectivity index (χ3n) is 5.51. The van der Waals surface area contributed by atoms with Crippen LogP contribution in [0.4, 0.5) is 9.18 Å². The number of halogens is 1. The molecule has 0 aliphatic carbocycles. The van der Waals surface area contributed by atoms with E-state index in [-0.39, 0.29) is 34.9 Å². The zero-order valence-electron chi connectivity index (χ0n) is 19.3. The first-order chi connectivity index (χ1) is 14.9. The molecule has 1 amide bonds. The van der Waals surface area contributed by atoms with Gasteiger partial charge in [-0.1, -0.05) is 13.8 Å². The van der Waals surface area contributed by atoms with Crippen LogP contribution in [-0.4, -0.2) is 43.8 Å². The molecular formula is C24H30FN3O4. The van der Waals surface area contributed by atoms with Gasteiger partial charge in [0.2, 0.25) is 0 Å². The van der Waals surface area contributed by atoms with Crippen LogP contribution >= 0.6 is 0 Å². The molecule has 3 aromatic rings. The van der Waals surface area contributed by atoms with Crippen LogP contribution in [0.2, 0.25) is 0 Å². The Labute approximate surface area is 186 Å². The Morgan fingerprint density at radius 1 is 1.25 bits per heavy atom. The second kappa shape index (κ2) is 8.76. The van der Waals surface area contributed by atoms with E-state index in [1.165, 1.54) is 15.7 Å². The maximum Gasteiger partial charge on any atom is 0.408 e. The Bertz CT molecular complexity index is 1210. The van der Waals surface area contributed by atoms with E-state index in [1.54, 1.807) is 25.2 Å². The molecule has 0 bridgehead atoms. The Morgan fingerprint density at radius 3 is 2.53 bits per heavy atom. The molecular weight excluding hydrogens is 413 g/mol. The van der Waals surface area contributed by atoms with E-state index in [0.29, 0.717) is 23.1 Å². The average molecular weight is 444 g/mol. The molecule has 7 nitrogen and oxygen atoms in total. The zero-order chi connectivity index (χ0) is 23.8. The van der Waals surface area contributed by atoms with Crippen molar-refractivity contribution in [2.75, 3.05) is 6.61 Å². The number of rotatable bonds is 6. The molecule has 2 heterocycles. The van der Waals surface area contributed by atoms with Crippen molar-refractivity contribution in [2.45, 2.75) is 52.6 Å². The first-order valence-electron chi connectivity index (χ1n) is 10.6. The van der Waals surface area contributed by atoms with Crippen molar-refractivity contribution in [1.29, 1.82) is 0 Å². The van der Waals surface area contributed by atoms with Gasteiger partial charge in [-0.05, 0) is 45.2 Å². The van der Waals surface area contributed by atoms with Gasteiger partial charge in [0, 0.05) is 35.6 Å². The van der Waals surface area contributed by atoms with Gasteiger partial charge in [-0.3, -0.25) is 14.7 Å². The molecule has 0 saturated heterocycles. The van der Waals surface area contributed by atoms with E-state index in [1.807, 2.05) is 34.6 Å². The predicted octanol–water partition coefficient (Wildman–Crippen LogP) is 4.80. The molecule has 0 aliphatic heterocycles. The van der Waals surface area contributed by atoms with E-state index in [0.717, 1.165) is 6.20 Å².